The Kier molecular flexibility index (Phi) is 1.94. The predicted molar refractivity (Wildman–Crippen MR) is 47.7 cm³/mol. The summed E-state index contributed by atoms with van der Waals surface area (Å²) in [4.78, 5) is 21.9. The molecule has 0 aromatic carbocycles. The number of carbonyl (C=O) groups excluding carboxylic acids is 1. The molecule has 1 aliphatic heterocycles. The lowest BCUT2D eigenvalue weighted by Gasteiger charge is -2.02. The number of aromatic amines is 1. The van der Waals surface area contributed by atoms with Crippen molar-refractivity contribution in [2.24, 2.45) is 5.10 Å². The minimum atomic E-state index is -0.431. The molecular formula is C8H5N4O2. The number of allylic oxidation sites excluding steroid dienone is 1. The Balaban J connectivity index is 2.43. The highest BCUT2D eigenvalue weighted by Gasteiger charge is 2.10. The zero-order chi connectivity index (χ0) is 9.97. The van der Waals surface area contributed by atoms with Crippen LogP contribution in [0.3, 0.4) is 0 Å². The standard InChI is InChI=1S/C8H5N4O2/c13-7-2-1-6(10-11-7)5-3-4-9-12-8(5)14/h1-4H,(H,12,14). The van der Waals surface area contributed by atoms with Gasteiger partial charge in [0.1, 0.15) is 0 Å². The second-order valence-corrected chi connectivity index (χ2v) is 2.56. The summed E-state index contributed by atoms with van der Waals surface area (Å²) < 4.78 is 0. The molecule has 0 fully saturated rings. The average molecular weight is 189 g/mol. The maximum atomic E-state index is 11.2. The van der Waals surface area contributed by atoms with Crippen molar-refractivity contribution in [2.75, 3.05) is 0 Å². The highest BCUT2D eigenvalue weighted by molar-refractivity contribution is 6.13. The van der Waals surface area contributed by atoms with Crippen LogP contribution < -0.4 is 11.0 Å². The van der Waals surface area contributed by atoms with Gasteiger partial charge in [0.05, 0.1) is 11.3 Å². The van der Waals surface area contributed by atoms with Crippen LogP contribution in [-0.2, 0) is 4.79 Å². The molecule has 1 N–H and O–H groups in total. The molecule has 0 bridgehead atoms. The SMILES string of the molecule is O=C1C=CC(c2ccn[nH]c2=O)=N[N]1. The molecule has 6 heteroatoms. The van der Waals surface area contributed by atoms with Gasteiger partial charge in [-0.3, -0.25) is 9.59 Å². The fraction of sp³-hybridized carbons (Fsp3) is 0. The number of amides is 1. The summed E-state index contributed by atoms with van der Waals surface area (Å²) in [6, 6.07) is 1.51. The minimum absolute atomic E-state index is 0.340. The largest absolute Gasteiger partial charge is 0.288 e. The van der Waals surface area contributed by atoms with Gasteiger partial charge < -0.3 is 0 Å². The van der Waals surface area contributed by atoms with Crippen LogP contribution in [0.5, 0.6) is 0 Å². The van der Waals surface area contributed by atoms with E-state index in [1.165, 1.54) is 24.4 Å². The highest BCUT2D eigenvalue weighted by Crippen LogP contribution is 1.98. The molecule has 14 heavy (non-hydrogen) atoms. The van der Waals surface area contributed by atoms with E-state index in [1.54, 1.807) is 0 Å². The summed E-state index contributed by atoms with van der Waals surface area (Å²) in [5, 5.41) is 9.40. The van der Waals surface area contributed by atoms with Gasteiger partial charge in [-0.15, -0.1) is 10.5 Å². The van der Waals surface area contributed by atoms with Crippen molar-refractivity contribution >= 4 is 11.6 Å². The molecular weight excluding hydrogens is 184 g/mol. The van der Waals surface area contributed by atoms with E-state index in [1.807, 2.05) is 0 Å². The zero-order valence-corrected chi connectivity index (χ0v) is 6.97. The number of rotatable bonds is 1. The Morgan fingerprint density at radius 1 is 1.21 bits per heavy atom. The molecule has 0 saturated heterocycles. The number of nitrogens with zero attached hydrogens (tertiary/aromatic N) is 3. The van der Waals surface area contributed by atoms with Crippen LogP contribution in [0.2, 0.25) is 0 Å². The third kappa shape index (κ3) is 1.45. The molecule has 2 rings (SSSR count). The van der Waals surface area contributed by atoms with Crippen molar-refractivity contribution in [1.29, 1.82) is 0 Å². The van der Waals surface area contributed by atoms with E-state index in [0.717, 1.165) is 0 Å². The van der Waals surface area contributed by atoms with Crippen molar-refractivity contribution in [1.82, 2.24) is 15.6 Å². The second-order valence-electron chi connectivity index (χ2n) is 2.56. The number of carbonyl (C=O) groups is 1. The van der Waals surface area contributed by atoms with Crippen LogP contribution >= 0.6 is 0 Å². The van der Waals surface area contributed by atoms with Gasteiger partial charge in [-0.2, -0.15) is 5.10 Å². The average Bonchev–Trinajstić information content (AvgIpc) is 2.20. The topological polar surface area (TPSA) is 89.3 Å². The fourth-order valence-corrected chi connectivity index (χ4v) is 1.01. The highest BCUT2D eigenvalue weighted by atomic mass is 16.2. The predicted octanol–water partition coefficient (Wildman–Crippen LogP) is -0.825. The lowest BCUT2D eigenvalue weighted by molar-refractivity contribution is -0.116. The van der Waals surface area contributed by atoms with Crippen LogP contribution in [-0.4, -0.2) is 21.8 Å². The summed E-state index contributed by atoms with van der Waals surface area (Å²) in [6.45, 7) is 0. The minimum Gasteiger partial charge on any atom is -0.267 e. The molecule has 0 unspecified atom stereocenters. The third-order valence-corrected chi connectivity index (χ3v) is 1.64. The van der Waals surface area contributed by atoms with E-state index >= 15 is 0 Å². The van der Waals surface area contributed by atoms with Crippen molar-refractivity contribution < 1.29 is 4.79 Å². The van der Waals surface area contributed by atoms with Crippen LogP contribution in [0, 0.1) is 0 Å². The van der Waals surface area contributed by atoms with E-state index in [0.29, 0.717) is 11.3 Å². The summed E-state index contributed by atoms with van der Waals surface area (Å²) >= 11 is 0. The van der Waals surface area contributed by atoms with E-state index in [4.69, 9.17) is 0 Å². The van der Waals surface area contributed by atoms with Gasteiger partial charge in [-0.1, -0.05) is 0 Å². The Morgan fingerprint density at radius 2 is 2.07 bits per heavy atom. The molecule has 1 aromatic heterocycles. The first-order chi connectivity index (χ1) is 6.77. The molecule has 6 nitrogen and oxygen atoms in total. The van der Waals surface area contributed by atoms with Crippen LogP contribution in [0.1, 0.15) is 5.56 Å². The summed E-state index contributed by atoms with van der Waals surface area (Å²) in [7, 11) is 0. The smallest absolute Gasteiger partial charge is 0.267 e. The number of hydrogen-bond donors (Lipinski definition) is 1. The van der Waals surface area contributed by atoms with E-state index in [9.17, 15) is 9.59 Å². The monoisotopic (exact) mass is 189 g/mol. The Hall–Kier alpha value is -2.24. The second kappa shape index (κ2) is 3.25. The molecule has 1 aliphatic rings. The first-order valence-corrected chi connectivity index (χ1v) is 3.82. The molecule has 0 aliphatic carbocycles. The molecule has 0 spiro atoms. The van der Waals surface area contributed by atoms with E-state index in [2.05, 4.69) is 20.7 Å². The zero-order valence-electron chi connectivity index (χ0n) is 6.97. The molecule has 1 amide bonds. The number of H-pyrrole nitrogens is 1. The van der Waals surface area contributed by atoms with Gasteiger partial charge in [0.2, 0.25) is 0 Å². The van der Waals surface area contributed by atoms with E-state index in [-0.39, 0.29) is 5.56 Å². The summed E-state index contributed by atoms with van der Waals surface area (Å²) in [5.74, 6) is -0.431. The molecule has 1 radical (unpaired) electrons. The van der Waals surface area contributed by atoms with Crippen molar-refractivity contribution in [3.63, 3.8) is 0 Å². The third-order valence-electron chi connectivity index (χ3n) is 1.64. The Morgan fingerprint density at radius 3 is 2.71 bits per heavy atom. The first-order valence-electron chi connectivity index (χ1n) is 3.82. The maximum Gasteiger partial charge on any atom is 0.288 e. The van der Waals surface area contributed by atoms with E-state index < -0.39 is 5.91 Å². The summed E-state index contributed by atoms with van der Waals surface area (Å²) in [5.41, 5.74) is 3.65. The quantitative estimate of drug-likeness (QED) is 0.625. The molecule has 2 heterocycles. The van der Waals surface area contributed by atoms with Gasteiger partial charge in [0, 0.05) is 12.3 Å². The first kappa shape index (κ1) is 8.36. The molecule has 1 aromatic rings. The normalized spacial score (nSPS) is 14.9. The lowest BCUT2D eigenvalue weighted by atomic mass is 10.1. The Bertz CT molecular complexity index is 486. The number of nitrogens with one attached hydrogen (secondary N) is 1. The van der Waals surface area contributed by atoms with Crippen molar-refractivity contribution in [3.8, 4) is 0 Å². The van der Waals surface area contributed by atoms with Gasteiger partial charge in [0.15, 0.2) is 0 Å². The lowest BCUT2D eigenvalue weighted by Crippen LogP contribution is -2.22. The van der Waals surface area contributed by atoms with Gasteiger partial charge in [-0.25, -0.2) is 5.10 Å². The summed E-state index contributed by atoms with van der Waals surface area (Å²) in [6.07, 6.45) is 4.13. The number of aromatic nitrogens is 2. The van der Waals surface area contributed by atoms with Gasteiger partial charge in [-0.05, 0) is 12.1 Å². The van der Waals surface area contributed by atoms with Crippen molar-refractivity contribution in [3.05, 3.63) is 40.3 Å². The van der Waals surface area contributed by atoms with Crippen molar-refractivity contribution in [2.45, 2.75) is 0 Å². The van der Waals surface area contributed by atoms with Gasteiger partial charge >= 0.3 is 0 Å². The van der Waals surface area contributed by atoms with Crippen LogP contribution in [0.4, 0.5) is 0 Å². The molecule has 0 saturated carbocycles. The molecule has 0 atom stereocenters. The fourth-order valence-electron chi connectivity index (χ4n) is 1.01. The van der Waals surface area contributed by atoms with Gasteiger partial charge in [0.25, 0.3) is 11.5 Å². The Labute approximate surface area is 78.3 Å². The number of hydrogen-bond acceptors (Lipinski definition) is 4. The van der Waals surface area contributed by atoms with Crippen LogP contribution in [0.15, 0.2) is 34.3 Å². The molecule has 69 valence electrons. The van der Waals surface area contributed by atoms with Crippen LogP contribution in [0.25, 0.3) is 0 Å². The maximum absolute atomic E-state index is 11.2.